The Labute approximate surface area is 193 Å². The van der Waals surface area contributed by atoms with E-state index in [0.717, 1.165) is 0 Å². The number of rotatable bonds is 5. The van der Waals surface area contributed by atoms with Crippen LogP contribution in [0.2, 0.25) is 0 Å². The van der Waals surface area contributed by atoms with Crippen LogP contribution in [0.1, 0.15) is 50.6 Å². The number of halogens is 2. The molecule has 3 heterocycles. The number of carbonyl (C=O) groups excluding carboxylic acids is 4. The van der Waals surface area contributed by atoms with E-state index >= 15 is 0 Å². The molecule has 0 aliphatic carbocycles. The van der Waals surface area contributed by atoms with Crippen molar-refractivity contribution >= 4 is 24.7 Å². The normalized spacial score (nSPS) is 7.71. The van der Waals surface area contributed by atoms with Gasteiger partial charge in [-0.1, -0.05) is 7.43 Å². The van der Waals surface area contributed by atoms with Crippen LogP contribution in [0.4, 0.5) is 8.78 Å². The van der Waals surface area contributed by atoms with Crippen LogP contribution in [0.3, 0.4) is 0 Å². The fraction of sp³-hybridized carbons (Fsp3) is 0.238. The first kappa shape index (κ1) is 37.1. The van der Waals surface area contributed by atoms with E-state index in [0.29, 0.717) is 38.4 Å². The predicted molar refractivity (Wildman–Crippen MR) is 112 cm³/mol. The van der Waals surface area contributed by atoms with Crippen molar-refractivity contribution in [1.29, 1.82) is 0 Å². The molecule has 3 aromatic rings. The first-order valence-corrected chi connectivity index (χ1v) is 8.26. The second-order valence-electron chi connectivity index (χ2n) is 4.53. The number of carbonyl (C=O) groups is 3. The third kappa shape index (κ3) is 18.6. The maximum absolute atomic E-state index is 9.97. The number of aldehydes is 2. The molecule has 11 nitrogen and oxygen atoms in total. The Bertz CT molecular complexity index is 847. The number of aromatic carboxylic acids is 1. The van der Waals surface area contributed by atoms with Crippen molar-refractivity contribution in [3.8, 4) is 0 Å². The smallest absolute Gasteiger partial charge is 0.373 e. The molecule has 0 spiro atoms. The van der Waals surface area contributed by atoms with E-state index in [1.807, 2.05) is 0 Å². The summed E-state index contributed by atoms with van der Waals surface area (Å²) in [6.07, 6.45) is 2.77. The first-order chi connectivity index (χ1) is 15.9. The molecule has 0 unspecified atom stereocenters. The van der Waals surface area contributed by atoms with Crippen LogP contribution < -0.4 is 0 Å². The maximum atomic E-state index is 9.97. The van der Waals surface area contributed by atoms with Gasteiger partial charge in [0.1, 0.15) is 24.7 Å². The third-order valence-corrected chi connectivity index (χ3v) is 2.64. The van der Waals surface area contributed by atoms with E-state index in [9.17, 15) is 23.2 Å². The zero-order valence-corrected chi connectivity index (χ0v) is 17.5. The number of carboxylic acid groups (broad SMARTS) is 1. The van der Waals surface area contributed by atoms with Crippen LogP contribution in [0.25, 0.3) is 0 Å². The van der Waals surface area contributed by atoms with Gasteiger partial charge in [-0.2, -0.15) is 9.59 Å². The Morgan fingerprint density at radius 2 is 1.26 bits per heavy atom. The molecular weight excluding hydrogens is 466 g/mol. The molecule has 0 bridgehead atoms. The van der Waals surface area contributed by atoms with E-state index < -0.39 is 5.97 Å². The highest BCUT2D eigenvalue weighted by molar-refractivity contribution is 5.84. The zero-order valence-electron chi connectivity index (χ0n) is 17.5. The van der Waals surface area contributed by atoms with Crippen LogP contribution in [0.15, 0.2) is 55.9 Å². The van der Waals surface area contributed by atoms with E-state index in [2.05, 4.69) is 4.42 Å². The van der Waals surface area contributed by atoms with Gasteiger partial charge in [0.25, 0.3) is 0 Å². The molecule has 0 aliphatic heterocycles. The summed E-state index contributed by atoms with van der Waals surface area (Å²) in [6.45, 7) is -0.318. The molecule has 190 valence electrons. The molecule has 34 heavy (non-hydrogen) atoms. The lowest BCUT2D eigenvalue weighted by Gasteiger charge is -1.82. The van der Waals surface area contributed by atoms with Crippen molar-refractivity contribution in [3.63, 3.8) is 0 Å². The number of furan rings is 3. The third-order valence-electron chi connectivity index (χ3n) is 2.64. The molecule has 0 saturated carbocycles. The average Bonchev–Trinajstić information content (AvgIpc) is 3.64. The molecule has 3 rings (SSSR count). The second kappa shape index (κ2) is 26.8. The molecule has 0 saturated heterocycles. The summed E-state index contributed by atoms with van der Waals surface area (Å²) in [6, 6.07) is 9.07. The number of hydrogen-bond acceptors (Lipinski definition) is 10. The lowest BCUT2D eigenvalue weighted by atomic mass is 10.4. The fourth-order valence-corrected chi connectivity index (χ4v) is 1.49. The van der Waals surface area contributed by atoms with Crippen LogP contribution in [-0.2, 0) is 22.8 Å². The largest absolute Gasteiger partial charge is 0.475 e. The fourth-order valence-electron chi connectivity index (χ4n) is 1.49. The van der Waals surface area contributed by atoms with E-state index in [4.69, 9.17) is 33.7 Å². The summed E-state index contributed by atoms with van der Waals surface area (Å²) in [4.78, 5) is 46.1. The monoisotopic (exact) mass is 492 g/mol. The van der Waals surface area contributed by atoms with Crippen molar-refractivity contribution in [1.82, 2.24) is 0 Å². The summed E-state index contributed by atoms with van der Waals surface area (Å²) in [5.74, 6) is 0.271. The number of aliphatic hydroxyl groups is 2. The molecule has 0 atom stereocenters. The Balaban J connectivity index is -0.000000173. The minimum Gasteiger partial charge on any atom is -0.475 e. The lowest BCUT2D eigenvalue weighted by molar-refractivity contribution is -0.191. The summed E-state index contributed by atoms with van der Waals surface area (Å²) >= 11 is 0. The van der Waals surface area contributed by atoms with E-state index in [-0.39, 0.29) is 44.1 Å². The molecule has 3 N–H and O–H groups in total. The predicted octanol–water partition coefficient (Wildman–Crippen LogP) is 3.37. The molecule has 0 aliphatic rings. The van der Waals surface area contributed by atoms with Gasteiger partial charge in [-0.3, -0.25) is 18.4 Å². The Morgan fingerprint density at radius 3 is 1.41 bits per heavy atom. The second-order valence-corrected chi connectivity index (χ2v) is 4.53. The van der Waals surface area contributed by atoms with Gasteiger partial charge in [-0.05, 0) is 36.4 Å². The minimum atomic E-state index is -1.03. The van der Waals surface area contributed by atoms with Crippen molar-refractivity contribution in [2.45, 2.75) is 20.6 Å². The Morgan fingerprint density at radius 1 is 0.882 bits per heavy atom. The van der Waals surface area contributed by atoms with Gasteiger partial charge >= 0.3 is 12.1 Å². The van der Waals surface area contributed by atoms with Gasteiger partial charge in [0.05, 0.1) is 20.6 Å². The number of aliphatic hydroxyl groups excluding tert-OH is 2. The number of alkyl halides is 2. The van der Waals surface area contributed by atoms with Crippen molar-refractivity contribution < 1.29 is 61.3 Å². The molecule has 0 amide bonds. The number of hydrogen-bond donors (Lipinski definition) is 3. The van der Waals surface area contributed by atoms with Crippen molar-refractivity contribution in [2.24, 2.45) is 0 Å². The number of carboxylic acids is 1. The van der Waals surface area contributed by atoms with Crippen LogP contribution >= 0.6 is 0 Å². The van der Waals surface area contributed by atoms with E-state index in [1.165, 1.54) is 30.5 Å². The molecule has 13 heteroatoms. The molecule has 0 aromatic carbocycles. The van der Waals surface area contributed by atoms with Gasteiger partial charge in [-0.25, -0.2) is 4.79 Å². The van der Waals surface area contributed by atoms with Gasteiger partial charge < -0.3 is 28.6 Å². The van der Waals surface area contributed by atoms with E-state index in [1.54, 1.807) is 12.1 Å². The van der Waals surface area contributed by atoms with Crippen LogP contribution in [-0.4, -0.2) is 54.4 Å². The highest BCUT2D eigenvalue weighted by Gasteiger charge is 2.01. The van der Waals surface area contributed by atoms with Crippen molar-refractivity contribution in [3.05, 3.63) is 71.5 Å². The minimum absolute atomic E-state index is 0. The summed E-state index contributed by atoms with van der Waals surface area (Å²) < 4.78 is 33.0. The highest BCUT2D eigenvalue weighted by atomic mass is 19.1. The van der Waals surface area contributed by atoms with Crippen LogP contribution in [0.5, 0.6) is 0 Å². The SMILES string of the molecule is C.CF.CF.O=C(O)c1ccco1.O=C=O.O=Cc1ccc(CO)o1.O=Cc1ccc(CO)o1. The molecule has 0 radical (unpaired) electrons. The Hall–Kier alpha value is -4.19. The molecular formula is C21H26F2O11. The van der Waals surface area contributed by atoms with Crippen LogP contribution in [0, 0.1) is 0 Å². The zero-order chi connectivity index (χ0) is 26.1. The summed E-state index contributed by atoms with van der Waals surface area (Å²) in [5, 5.41) is 25.1. The lowest BCUT2D eigenvalue weighted by Crippen LogP contribution is -1.90. The maximum Gasteiger partial charge on any atom is 0.373 e. The van der Waals surface area contributed by atoms with Gasteiger partial charge in [0, 0.05) is 0 Å². The first-order valence-electron chi connectivity index (χ1n) is 8.26. The van der Waals surface area contributed by atoms with Gasteiger partial charge in [0.15, 0.2) is 24.1 Å². The summed E-state index contributed by atoms with van der Waals surface area (Å²) in [5.41, 5.74) is 0. The average molecular weight is 492 g/mol. The molecule has 0 fully saturated rings. The quantitative estimate of drug-likeness (QED) is 0.443. The Kier molecular flexibility index (Phi) is 29.3. The highest BCUT2D eigenvalue weighted by Crippen LogP contribution is 2.04. The topological polar surface area (TPSA) is 185 Å². The standard InChI is InChI=1S/2C6H6O3.C5H4O3.2CH3F.CO2.CH4/c2*7-3-5-1-2-6(4-8)9-5;6-5(7)4-2-1-3-8-4;2*1-2;2-1-3;/h2*1-3,8H,4H2;1-3H,(H,6,7);2*1H3;;1H4. The van der Waals surface area contributed by atoms with Gasteiger partial charge in [0.2, 0.25) is 5.76 Å². The summed E-state index contributed by atoms with van der Waals surface area (Å²) in [7, 11) is 1.00. The van der Waals surface area contributed by atoms with Crippen molar-refractivity contribution in [2.75, 3.05) is 14.4 Å². The molecule has 3 aromatic heterocycles. The van der Waals surface area contributed by atoms with Gasteiger partial charge in [-0.15, -0.1) is 0 Å².